The van der Waals surface area contributed by atoms with Crippen LogP contribution in [0.15, 0.2) is 35.3 Å². The Labute approximate surface area is 102 Å². The second kappa shape index (κ2) is 6.27. The van der Waals surface area contributed by atoms with Crippen LogP contribution < -0.4 is 4.74 Å². The molecule has 0 unspecified atom stereocenters. The molecule has 1 aromatic carbocycles. The van der Waals surface area contributed by atoms with E-state index >= 15 is 0 Å². The first kappa shape index (κ1) is 12.7. The van der Waals surface area contributed by atoms with Crippen molar-refractivity contribution in [2.24, 2.45) is 0 Å². The number of allylic oxidation sites excluding steroid dienone is 1. The van der Waals surface area contributed by atoms with Crippen LogP contribution in [0, 0.1) is 10.1 Å². The fraction of sp³-hybridized carbons (Fsp3) is 0.273. The predicted molar refractivity (Wildman–Crippen MR) is 65.7 cm³/mol. The number of unbranched alkanes of at least 4 members (excludes halogenated alkanes) is 1. The first-order valence-electron chi connectivity index (χ1n) is 4.83. The van der Waals surface area contributed by atoms with Crippen LogP contribution in [-0.2, 0) is 0 Å². The summed E-state index contributed by atoms with van der Waals surface area (Å²) in [5.74, 6) is 0.498. The van der Waals surface area contributed by atoms with Crippen LogP contribution in [0.2, 0.25) is 0 Å². The summed E-state index contributed by atoms with van der Waals surface area (Å²) in [4.78, 5) is 10.1. The van der Waals surface area contributed by atoms with E-state index in [4.69, 9.17) is 4.74 Å². The van der Waals surface area contributed by atoms with Gasteiger partial charge in [-0.05, 0) is 34.8 Å². The molecule has 0 aliphatic heterocycles. The molecule has 0 saturated carbocycles. The summed E-state index contributed by atoms with van der Waals surface area (Å²) in [6, 6.07) is 4.46. The van der Waals surface area contributed by atoms with Crippen molar-refractivity contribution in [1.82, 2.24) is 0 Å². The van der Waals surface area contributed by atoms with Crippen molar-refractivity contribution < 1.29 is 9.66 Å². The molecule has 0 fully saturated rings. The fourth-order valence-corrected chi connectivity index (χ4v) is 1.49. The molecule has 0 saturated heterocycles. The number of hydrogen-bond donors (Lipinski definition) is 0. The Balaban J connectivity index is 2.66. The smallest absolute Gasteiger partial charge is 0.273 e. The van der Waals surface area contributed by atoms with Gasteiger partial charge in [-0.25, -0.2) is 0 Å². The van der Waals surface area contributed by atoms with Gasteiger partial charge in [0, 0.05) is 6.07 Å². The van der Waals surface area contributed by atoms with Gasteiger partial charge in [0.2, 0.25) is 0 Å². The van der Waals surface area contributed by atoms with Crippen molar-refractivity contribution in [1.29, 1.82) is 0 Å². The minimum atomic E-state index is -0.441. The average molecular weight is 286 g/mol. The highest BCUT2D eigenvalue weighted by atomic mass is 79.9. The quantitative estimate of drug-likeness (QED) is 0.347. The van der Waals surface area contributed by atoms with Crippen molar-refractivity contribution in [2.45, 2.75) is 12.8 Å². The molecule has 0 heterocycles. The van der Waals surface area contributed by atoms with E-state index < -0.39 is 4.92 Å². The van der Waals surface area contributed by atoms with E-state index in [0.717, 1.165) is 17.3 Å². The molecule has 0 amide bonds. The van der Waals surface area contributed by atoms with Crippen LogP contribution in [0.1, 0.15) is 12.8 Å². The van der Waals surface area contributed by atoms with Gasteiger partial charge in [-0.1, -0.05) is 6.08 Å². The van der Waals surface area contributed by atoms with Crippen molar-refractivity contribution in [3.8, 4) is 5.75 Å². The summed E-state index contributed by atoms with van der Waals surface area (Å²) >= 11 is 3.28. The third kappa shape index (κ3) is 3.66. The zero-order valence-electron chi connectivity index (χ0n) is 8.69. The molecule has 0 atom stereocenters. The van der Waals surface area contributed by atoms with E-state index in [-0.39, 0.29) is 5.69 Å². The third-order valence-corrected chi connectivity index (χ3v) is 2.59. The third-order valence-electron chi connectivity index (χ3n) is 1.94. The van der Waals surface area contributed by atoms with E-state index in [0.29, 0.717) is 12.4 Å². The first-order valence-corrected chi connectivity index (χ1v) is 5.62. The fourth-order valence-electron chi connectivity index (χ4n) is 1.13. The molecule has 5 heteroatoms. The van der Waals surface area contributed by atoms with E-state index in [1.54, 1.807) is 6.07 Å². The number of benzene rings is 1. The van der Waals surface area contributed by atoms with Gasteiger partial charge in [0.15, 0.2) is 0 Å². The molecule has 0 bridgehead atoms. The van der Waals surface area contributed by atoms with Crippen molar-refractivity contribution in [3.05, 3.63) is 45.4 Å². The van der Waals surface area contributed by atoms with Crippen LogP contribution in [-0.4, -0.2) is 11.5 Å². The van der Waals surface area contributed by atoms with Gasteiger partial charge >= 0.3 is 0 Å². The van der Waals surface area contributed by atoms with Crippen LogP contribution in [0.5, 0.6) is 5.75 Å². The van der Waals surface area contributed by atoms with Crippen molar-refractivity contribution in [3.63, 3.8) is 0 Å². The lowest BCUT2D eigenvalue weighted by atomic mass is 10.3. The van der Waals surface area contributed by atoms with Gasteiger partial charge in [-0.2, -0.15) is 0 Å². The summed E-state index contributed by atoms with van der Waals surface area (Å²) < 4.78 is 6.15. The van der Waals surface area contributed by atoms with Gasteiger partial charge < -0.3 is 4.74 Å². The second-order valence-electron chi connectivity index (χ2n) is 3.15. The van der Waals surface area contributed by atoms with Crippen molar-refractivity contribution in [2.75, 3.05) is 6.61 Å². The number of non-ortho nitro benzene ring substituents is 1. The second-order valence-corrected chi connectivity index (χ2v) is 4.01. The molecule has 16 heavy (non-hydrogen) atoms. The van der Waals surface area contributed by atoms with Gasteiger partial charge in [0.05, 0.1) is 22.1 Å². The maximum atomic E-state index is 10.6. The van der Waals surface area contributed by atoms with E-state index in [1.165, 1.54) is 12.1 Å². The largest absolute Gasteiger partial charge is 0.492 e. The molecule has 0 aliphatic carbocycles. The SMILES string of the molecule is C=CCCCOc1cc([N+](=O)[O-])ccc1Br. The highest BCUT2D eigenvalue weighted by Crippen LogP contribution is 2.29. The highest BCUT2D eigenvalue weighted by molar-refractivity contribution is 9.10. The molecule has 0 N–H and O–H groups in total. The molecule has 1 aromatic rings. The summed E-state index contributed by atoms with van der Waals surface area (Å²) in [5, 5.41) is 10.6. The zero-order chi connectivity index (χ0) is 12.0. The van der Waals surface area contributed by atoms with E-state index in [1.807, 2.05) is 6.08 Å². The molecule has 1 rings (SSSR count). The molecule has 0 aliphatic rings. The van der Waals surface area contributed by atoms with Gasteiger partial charge in [-0.3, -0.25) is 10.1 Å². The summed E-state index contributed by atoms with van der Waals surface area (Å²) in [6.07, 6.45) is 3.52. The highest BCUT2D eigenvalue weighted by Gasteiger charge is 2.09. The predicted octanol–water partition coefficient (Wildman–Crippen LogP) is 3.70. The Bertz CT molecular complexity index is 393. The Hall–Kier alpha value is -1.36. The summed E-state index contributed by atoms with van der Waals surface area (Å²) in [5.41, 5.74) is 0.0296. The monoisotopic (exact) mass is 285 g/mol. The van der Waals surface area contributed by atoms with Crippen LogP contribution in [0.3, 0.4) is 0 Å². The van der Waals surface area contributed by atoms with Crippen LogP contribution in [0.4, 0.5) is 5.69 Å². The molecule has 0 spiro atoms. The summed E-state index contributed by atoms with van der Waals surface area (Å²) in [7, 11) is 0. The minimum absolute atomic E-state index is 0.0296. The average Bonchev–Trinajstić information content (AvgIpc) is 2.26. The van der Waals surface area contributed by atoms with Gasteiger partial charge in [0.25, 0.3) is 5.69 Å². The number of nitro benzene ring substituents is 1. The minimum Gasteiger partial charge on any atom is -0.492 e. The van der Waals surface area contributed by atoms with Crippen molar-refractivity contribution >= 4 is 21.6 Å². The molecule has 86 valence electrons. The maximum absolute atomic E-state index is 10.6. The molecule has 0 aromatic heterocycles. The molecular weight excluding hydrogens is 274 g/mol. The Morgan fingerprint density at radius 1 is 1.56 bits per heavy atom. The topological polar surface area (TPSA) is 52.4 Å². The maximum Gasteiger partial charge on any atom is 0.273 e. The molecule has 0 radical (unpaired) electrons. The number of halogens is 1. The number of nitro groups is 1. The van der Waals surface area contributed by atoms with E-state index in [9.17, 15) is 10.1 Å². The number of hydrogen-bond acceptors (Lipinski definition) is 3. The van der Waals surface area contributed by atoms with Gasteiger partial charge in [0.1, 0.15) is 5.75 Å². The number of nitrogens with zero attached hydrogens (tertiary/aromatic N) is 1. The van der Waals surface area contributed by atoms with Crippen LogP contribution >= 0.6 is 15.9 Å². The standard InChI is InChI=1S/C11H12BrNO3/c1-2-3-4-7-16-11-8-9(13(14)15)5-6-10(11)12/h2,5-6,8H,1,3-4,7H2. The van der Waals surface area contributed by atoms with E-state index in [2.05, 4.69) is 22.5 Å². The lowest BCUT2D eigenvalue weighted by molar-refractivity contribution is -0.385. The normalized spacial score (nSPS) is 9.81. The zero-order valence-corrected chi connectivity index (χ0v) is 10.3. The van der Waals surface area contributed by atoms with Crippen LogP contribution in [0.25, 0.3) is 0 Å². The Morgan fingerprint density at radius 3 is 2.94 bits per heavy atom. The Kier molecular flexibility index (Phi) is 4.98. The Morgan fingerprint density at radius 2 is 2.31 bits per heavy atom. The first-order chi connectivity index (χ1) is 7.65. The molecule has 4 nitrogen and oxygen atoms in total. The molecular formula is C11H12BrNO3. The lowest BCUT2D eigenvalue weighted by Crippen LogP contribution is -1.98. The van der Waals surface area contributed by atoms with Gasteiger partial charge in [-0.15, -0.1) is 6.58 Å². The number of ether oxygens (including phenoxy) is 1. The number of rotatable bonds is 6. The summed E-state index contributed by atoms with van der Waals surface area (Å²) in [6.45, 7) is 4.13. The lowest BCUT2D eigenvalue weighted by Gasteiger charge is -2.06.